The molecule has 2 aromatic rings. The molecule has 0 saturated carbocycles. The van der Waals surface area contributed by atoms with Crippen molar-refractivity contribution in [3.8, 4) is 0 Å². The largest absolute Gasteiger partial charge is 0.336 e. The summed E-state index contributed by atoms with van der Waals surface area (Å²) in [7, 11) is 0. The molecule has 1 aromatic carbocycles. The third kappa shape index (κ3) is 4.05. The lowest BCUT2D eigenvalue weighted by Gasteiger charge is -2.31. The molecule has 3 rings (SSSR count). The van der Waals surface area contributed by atoms with Gasteiger partial charge in [0.15, 0.2) is 0 Å². The lowest BCUT2D eigenvalue weighted by molar-refractivity contribution is -0.133. The van der Waals surface area contributed by atoms with E-state index in [1.54, 1.807) is 29.4 Å². The number of carbonyl (C=O) groups excluding carboxylic acids is 2. The van der Waals surface area contributed by atoms with Crippen LogP contribution in [0.15, 0.2) is 54.9 Å². The third-order valence-corrected chi connectivity index (χ3v) is 4.65. The van der Waals surface area contributed by atoms with Gasteiger partial charge in [-0.3, -0.25) is 14.6 Å². The number of aromatic nitrogens is 1. The molecule has 25 heavy (non-hydrogen) atoms. The van der Waals surface area contributed by atoms with Crippen LogP contribution < -0.4 is 0 Å². The highest BCUT2D eigenvalue weighted by atomic mass is 16.2. The predicted octanol–water partition coefficient (Wildman–Crippen LogP) is 2.73. The summed E-state index contributed by atoms with van der Waals surface area (Å²) in [5.41, 5.74) is 1.68. The number of hydrogen-bond donors (Lipinski definition) is 0. The van der Waals surface area contributed by atoms with Gasteiger partial charge in [0, 0.05) is 44.5 Å². The lowest BCUT2D eigenvalue weighted by atomic mass is 10.1. The summed E-state index contributed by atoms with van der Waals surface area (Å²) in [4.78, 5) is 33.1. The zero-order valence-electron chi connectivity index (χ0n) is 14.5. The third-order valence-electron chi connectivity index (χ3n) is 4.65. The van der Waals surface area contributed by atoms with Crippen LogP contribution in [0.1, 0.15) is 35.7 Å². The molecule has 0 aliphatic carbocycles. The normalized spacial score (nSPS) is 18.1. The minimum atomic E-state index is -0.0547. The van der Waals surface area contributed by atoms with Gasteiger partial charge in [-0.2, -0.15) is 0 Å². The second-order valence-corrected chi connectivity index (χ2v) is 6.31. The molecular weight excluding hydrogens is 314 g/mol. The molecule has 1 saturated heterocycles. The minimum Gasteiger partial charge on any atom is -0.336 e. The van der Waals surface area contributed by atoms with Crippen molar-refractivity contribution in [3.05, 3.63) is 66.0 Å². The highest BCUT2D eigenvalue weighted by molar-refractivity contribution is 5.94. The van der Waals surface area contributed by atoms with Crippen LogP contribution in [0.25, 0.3) is 0 Å². The summed E-state index contributed by atoms with van der Waals surface area (Å²) in [6.07, 6.45) is 4.40. The molecule has 1 aliphatic rings. The van der Waals surface area contributed by atoms with Gasteiger partial charge in [0.2, 0.25) is 5.91 Å². The van der Waals surface area contributed by atoms with Crippen LogP contribution in [0.3, 0.4) is 0 Å². The molecule has 1 atom stereocenters. The molecule has 1 aliphatic heterocycles. The van der Waals surface area contributed by atoms with Gasteiger partial charge in [-0.25, -0.2) is 0 Å². The van der Waals surface area contributed by atoms with E-state index >= 15 is 0 Å². The molecule has 0 spiro atoms. The number of pyridine rings is 1. The first-order chi connectivity index (χ1) is 12.2. The summed E-state index contributed by atoms with van der Waals surface area (Å²) in [6, 6.07) is 13.6. The zero-order chi connectivity index (χ0) is 17.6. The molecule has 0 unspecified atom stereocenters. The summed E-state index contributed by atoms with van der Waals surface area (Å²) in [6.45, 7) is 3.66. The molecule has 2 amide bonds. The summed E-state index contributed by atoms with van der Waals surface area (Å²) < 4.78 is 0. The van der Waals surface area contributed by atoms with Crippen LogP contribution in [-0.4, -0.2) is 45.7 Å². The van der Waals surface area contributed by atoms with Crippen molar-refractivity contribution < 1.29 is 9.59 Å². The Morgan fingerprint density at radius 3 is 2.68 bits per heavy atom. The van der Waals surface area contributed by atoms with Crippen molar-refractivity contribution in [1.82, 2.24) is 14.8 Å². The van der Waals surface area contributed by atoms with Gasteiger partial charge in [-0.1, -0.05) is 37.3 Å². The van der Waals surface area contributed by atoms with Crippen LogP contribution >= 0.6 is 0 Å². The van der Waals surface area contributed by atoms with E-state index in [-0.39, 0.29) is 17.9 Å². The molecule has 2 heterocycles. The van der Waals surface area contributed by atoms with E-state index in [4.69, 9.17) is 0 Å². The van der Waals surface area contributed by atoms with Gasteiger partial charge in [0.1, 0.15) is 0 Å². The van der Waals surface area contributed by atoms with Gasteiger partial charge in [-0.05, 0) is 24.1 Å². The molecule has 130 valence electrons. The fourth-order valence-electron chi connectivity index (χ4n) is 3.23. The first-order valence-electron chi connectivity index (χ1n) is 8.71. The van der Waals surface area contributed by atoms with Crippen molar-refractivity contribution >= 4 is 11.8 Å². The van der Waals surface area contributed by atoms with Gasteiger partial charge in [-0.15, -0.1) is 0 Å². The molecule has 0 N–H and O–H groups in total. The van der Waals surface area contributed by atoms with E-state index in [9.17, 15) is 9.59 Å². The van der Waals surface area contributed by atoms with E-state index in [0.29, 0.717) is 31.6 Å². The van der Waals surface area contributed by atoms with Crippen molar-refractivity contribution in [1.29, 1.82) is 0 Å². The molecular formula is C20H23N3O2. The van der Waals surface area contributed by atoms with Crippen molar-refractivity contribution in [2.24, 2.45) is 0 Å². The maximum atomic E-state index is 12.7. The van der Waals surface area contributed by atoms with E-state index in [2.05, 4.69) is 11.9 Å². The summed E-state index contributed by atoms with van der Waals surface area (Å²) >= 11 is 0. The van der Waals surface area contributed by atoms with Crippen molar-refractivity contribution in [2.45, 2.75) is 32.4 Å². The fourth-order valence-corrected chi connectivity index (χ4v) is 3.23. The first kappa shape index (κ1) is 17.1. The zero-order valence-corrected chi connectivity index (χ0v) is 14.5. The van der Waals surface area contributed by atoms with E-state index in [0.717, 1.165) is 12.0 Å². The monoisotopic (exact) mass is 337 g/mol. The highest BCUT2D eigenvalue weighted by Crippen LogP contribution is 2.19. The van der Waals surface area contributed by atoms with Crippen LogP contribution in [-0.2, 0) is 11.3 Å². The van der Waals surface area contributed by atoms with Crippen LogP contribution in [0.2, 0.25) is 0 Å². The SMILES string of the molecule is CC[C@H]1CN(C(=O)c2cccnc2)CCC(=O)N1Cc1ccccc1. The van der Waals surface area contributed by atoms with Gasteiger partial charge in [0.05, 0.1) is 5.56 Å². The van der Waals surface area contributed by atoms with E-state index in [1.807, 2.05) is 35.2 Å². The number of hydrogen-bond acceptors (Lipinski definition) is 3. The molecule has 5 nitrogen and oxygen atoms in total. The molecule has 1 fully saturated rings. The Kier molecular flexibility index (Phi) is 5.43. The number of nitrogens with zero attached hydrogens (tertiary/aromatic N) is 3. The molecule has 5 heteroatoms. The lowest BCUT2D eigenvalue weighted by Crippen LogP contribution is -2.43. The number of carbonyl (C=O) groups is 2. The predicted molar refractivity (Wildman–Crippen MR) is 95.8 cm³/mol. The van der Waals surface area contributed by atoms with E-state index < -0.39 is 0 Å². The fraction of sp³-hybridized carbons (Fsp3) is 0.350. The number of rotatable bonds is 4. The maximum absolute atomic E-state index is 12.7. The molecule has 1 aromatic heterocycles. The number of amides is 2. The Bertz CT molecular complexity index is 718. The highest BCUT2D eigenvalue weighted by Gasteiger charge is 2.31. The topological polar surface area (TPSA) is 53.5 Å². The number of benzene rings is 1. The Morgan fingerprint density at radius 2 is 2.00 bits per heavy atom. The van der Waals surface area contributed by atoms with Crippen molar-refractivity contribution in [2.75, 3.05) is 13.1 Å². The molecule has 0 radical (unpaired) electrons. The van der Waals surface area contributed by atoms with E-state index in [1.165, 1.54) is 0 Å². The maximum Gasteiger partial charge on any atom is 0.255 e. The smallest absolute Gasteiger partial charge is 0.255 e. The standard InChI is InChI=1S/C20H23N3O2/c1-2-18-15-22(20(25)17-9-6-11-21-13-17)12-10-19(24)23(18)14-16-7-4-3-5-8-16/h3-9,11,13,18H,2,10,12,14-15H2,1H3/t18-/m0/s1. The Morgan fingerprint density at radius 1 is 1.20 bits per heavy atom. The van der Waals surface area contributed by atoms with Crippen LogP contribution in [0.4, 0.5) is 0 Å². The average molecular weight is 337 g/mol. The summed E-state index contributed by atoms with van der Waals surface area (Å²) in [5.74, 6) is 0.0538. The van der Waals surface area contributed by atoms with Gasteiger partial charge < -0.3 is 9.80 Å². The summed E-state index contributed by atoms with van der Waals surface area (Å²) in [5, 5.41) is 0. The Balaban J connectivity index is 1.77. The van der Waals surface area contributed by atoms with Gasteiger partial charge in [0.25, 0.3) is 5.91 Å². The van der Waals surface area contributed by atoms with Crippen molar-refractivity contribution in [3.63, 3.8) is 0 Å². The second-order valence-electron chi connectivity index (χ2n) is 6.31. The minimum absolute atomic E-state index is 0.0239. The quantitative estimate of drug-likeness (QED) is 0.862. The second kappa shape index (κ2) is 7.92. The first-order valence-corrected chi connectivity index (χ1v) is 8.71. The average Bonchev–Trinajstić information content (AvgIpc) is 2.82. The van der Waals surface area contributed by atoms with Crippen LogP contribution in [0, 0.1) is 0 Å². The Labute approximate surface area is 148 Å². The van der Waals surface area contributed by atoms with Gasteiger partial charge >= 0.3 is 0 Å². The molecule has 0 bridgehead atoms. The Hall–Kier alpha value is -2.69. The van der Waals surface area contributed by atoms with Crippen LogP contribution in [0.5, 0.6) is 0 Å².